The summed E-state index contributed by atoms with van der Waals surface area (Å²) in [5.41, 5.74) is -1.86. The minimum atomic E-state index is -1.46. The summed E-state index contributed by atoms with van der Waals surface area (Å²) in [6, 6.07) is 1.40. The number of nitrogens with one attached hydrogen (secondary N) is 1. The van der Waals surface area contributed by atoms with Gasteiger partial charge < -0.3 is 10.1 Å². The van der Waals surface area contributed by atoms with Crippen LogP contribution in [0.3, 0.4) is 0 Å². The number of carbonyl (C=O) groups is 1. The van der Waals surface area contributed by atoms with Crippen LogP contribution in [0.1, 0.15) is 23.2 Å². The average Bonchev–Trinajstić information content (AvgIpc) is 2.46. The van der Waals surface area contributed by atoms with Gasteiger partial charge in [-0.2, -0.15) is 4.39 Å². The van der Waals surface area contributed by atoms with E-state index in [2.05, 4.69) is 5.32 Å². The molecule has 0 radical (unpaired) electrons. The Morgan fingerprint density at radius 1 is 1.48 bits per heavy atom. The van der Waals surface area contributed by atoms with Gasteiger partial charge in [0.1, 0.15) is 11.4 Å². The summed E-state index contributed by atoms with van der Waals surface area (Å²) in [5, 5.41) is 13.0. The number of carbonyl (C=O) groups excluding carboxylic acids is 1. The number of rotatable bonds is 4. The fraction of sp³-hybridized carbons (Fsp3) is 0.462. The van der Waals surface area contributed by atoms with Crippen LogP contribution in [-0.2, 0) is 4.74 Å². The first-order chi connectivity index (χ1) is 10.0. The molecule has 6 nitrogen and oxygen atoms in total. The molecule has 1 N–H and O–H groups in total. The van der Waals surface area contributed by atoms with Crippen LogP contribution in [0.25, 0.3) is 0 Å². The number of halogens is 2. The van der Waals surface area contributed by atoms with E-state index < -0.39 is 33.7 Å². The summed E-state index contributed by atoms with van der Waals surface area (Å²) < 4.78 is 32.6. The van der Waals surface area contributed by atoms with Crippen molar-refractivity contribution in [1.29, 1.82) is 0 Å². The molecule has 21 heavy (non-hydrogen) atoms. The molecule has 1 fully saturated rings. The third-order valence-electron chi connectivity index (χ3n) is 3.30. The Hall–Kier alpha value is -2.09. The van der Waals surface area contributed by atoms with Crippen LogP contribution in [-0.4, -0.2) is 30.6 Å². The second kappa shape index (κ2) is 6.57. The Balaban J connectivity index is 2.11. The van der Waals surface area contributed by atoms with Crippen LogP contribution >= 0.6 is 0 Å². The van der Waals surface area contributed by atoms with Crippen molar-refractivity contribution in [1.82, 2.24) is 5.32 Å². The monoisotopic (exact) mass is 300 g/mol. The first kappa shape index (κ1) is 15.3. The van der Waals surface area contributed by atoms with E-state index in [1.807, 2.05) is 0 Å². The highest BCUT2D eigenvalue weighted by atomic mass is 19.1. The molecule has 8 heteroatoms. The number of benzene rings is 1. The lowest BCUT2D eigenvalue weighted by Gasteiger charge is -2.22. The SMILES string of the molecule is O=C(NCC1CCCOC1)c1c(F)ccc([N+](=O)[O-])c1F. The second-order valence-electron chi connectivity index (χ2n) is 4.81. The highest BCUT2D eigenvalue weighted by Gasteiger charge is 2.26. The summed E-state index contributed by atoms with van der Waals surface area (Å²) in [6.07, 6.45) is 1.71. The Morgan fingerprint density at radius 3 is 2.86 bits per heavy atom. The molecule has 1 aromatic carbocycles. The highest BCUT2D eigenvalue weighted by Crippen LogP contribution is 2.23. The zero-order valence-electron chi connectivity index (χ0n) is 11.1. The molecule has 1 heterocycles. The van der Waals surface area contributed by atoms with Gasteiger partial charge in [-0.3, -0.25) is 14.9 Å². The topological polar surface area (TPSA) is 81.5 Å². The van der Waals surface area contributed by atoms with Crippen molar-refractivity contribution in [2.75, 3.05) is 19.8 Å². The minimum Gasteiger partial charge on any atom is -0.381 e. The van der Waals surface area contributed by atoms with E-state index in [4.69, 9.17) is 4.74 Å². The van der Waals surface area contributed by atoms with Crippen molar-refractivity contribution in [3.8, 4) is 0 Å². The highest BCUT2D eigenvalue weighted by molar-refractivity contribution is 5.95. The van der Waals surface area contributed by atoms with E-state index in [0.29, 0.717) is 25.3 Å². The van der Waals surface area contributed by atoms with Gasteiger partial charge in [-0.25, -0.2) is 4.39 Å². The Bertz CT molecular complexity index is 559. The van der Waals surface area contributed by atoms with E-state index in [-0.39, 0.29) is 12.5 Å². The van der Waals surface area contributed by atoms with Crippen LogP contribution in [0.15, 0.2) is 12.1 Å². The largest absolute Gasteiger partial charge is 0.381 e. The van der Waals surface area contributed by atoms with Crippen LogP contribution in [0, 0.1) is 27.7 Å². The van der Waals surface area contributed by atoms with Crippen LogP contribution < -0.4 is 5.32 Å². The van der Waals surface area contributed by atoms with Crippen molar-refractivity contribution in [3.63, 3.8) is 0 Å². The maximum Gasteiger partial charge on any atom is 0.305 e. The van der Waals surface area contributed by atoms with Crippen molar-refractivity contribution < 1.29 is 23.2 Å². The number of nitro groups is 1. The summed E-state index contributed by atoms with van der Waals surface area (Å²) in [4.78, 5) is 21.5. The van der Waals surface area contributed by atoms with Gasteiger partial charge in [-0.1, -0.05) is 0 Å². The van der Waals surface area contributed by atoms with E-state index >= 15 is 0 Å². The van der Waals surface area contributed by atoms with Crippen molar-refractivity contribution >= 4 is 11.6 Å². The standard InChI is InChI=1S/C13H14F2N2O4/c14-9-3-4-10(17(19)20)12(15)11(9)13(18)16-6-8-2-1-5-21-7-8/h3-4,8H,1-2,5-7H2,(H,16,18). The van der Waals surface area contributed by atoms with Crippen LogP contribution in [0.2, 0.25) is 0 Å². The molecule has 1 amide bonds. The molecule has 1 unspecified atom stereocenters. The molecule has 2 rings (SSSR count). The number of ether oxygens (including phenoxy) is 1. The van der Waals surface area contributed by atoms with Gasteiger partial charge >= 0.3 is 5.69 Å². The first-order valence-electron chi connectivity index (χ1n) is 6.49. The van der Waals surface area contributed by atoms with E-state index in [1.54, 1.807) is 0 Å². The van der Waals surface area contributed by atoms with Crippen LogP contribution in [0.4, 0.5) is 14.5 Å². The lowest BCUT2D eigenvalue weighted by atomic mass is 10.0. The predicted molar refractivity (Wildman–Crippen MR) is 68.9 cm³/mol. The number of hydrogen-bond acceptors (Lipinski definition) is 4. The third kappa shape index (κ3) is 3.52. The average molecular weight is 300 g/mol. The zero-order valence-corrected chi connectivity index (χ0v) is 11.1. The molecule has 1 aliphatic heterocycles. The lowest BCUT2D eigenvalue weighted by Crippen LogP contribution is -2.34. The molecule has 0 bridgehead atoms. The third-order valence-corrected chi connectivity index (χ3v) is 3.30. The van der Waals surface area contributed by atoms with Gasteiger partial charge in [0.25, 0.3) is 5.91 Å². The van der Waals surface area contributed by atoms with E-state index in [9.17, 15) is 23.7 Å². The zero-order chi connectivity index (χ0) is 15.4. The summed E-state index contributed by atoms with van der Waals surface area (Å²) in [6.45, 7) is 1.35. The molecular formula is C13H14F2N2O4. The molecule has 0 saturated carbocycles. The fourth-order valence-corrected chi connectivity index (χ4v) is 2.18. The first-order valence-corrected chi connectivity index (χ1v) is 6.49. The van der Waals surface area contributed by atoms with Gasteiger partial charge in [0, 0.05) is 19.2 Å². The Labute approximate surface area is 119 Å². The maximum absolute atomic E-state index is 13.8. The van der Waals surface area contributed by atoms with E-state index in [0.717, 1.165) is 12.8 Å². The normalized spacial score (nSPS) is 18.3. The smallest absolute Gasteiger partial charge is 0.305 e. The number of hydrogen-bond donors (Lipinski definition) is 1. The number of nitrogens with zero attached hydrogens (tertiary/aromatic N) is 1. The Morgan fingerprint density at radius 2 is 2.24 bits per heavy atom. The quantitative estimate of drug-likeness (QED) is 0.681. The van der Waals surface area contributed by atoms with Gasteiger partial charge in [0.2, 0.25) is 5.82 Å². The molecule has 1 saturated heterocycles. The van der Waals surface area contributed by atoms with E-state index in [1.165, 1.54) is 0 Å². The Kier molecular flexibility index (Phi) is 4.79. The van der Waals surface area contributed by atoms with Crippen molar-refractivity contribution in [2.45, 2.75) is 12.8 Å². The van der Waals surface area contributed by atoms with Gasteiger partial charge in [-0.05, 0) is 24.8 Å². The summed E-state index contributed by atoms with van der Waals surface area (Å²) >= 11 is 0. The second-order valence-corrected chi connectivity index (χ2v) is 4.81. The van der Waals surface area contributed by atoms with Gasteiger partial charge in [0.15, 0.2) is 0 Å². The fourth-order valence-electron chi connectivity index (χ4n) is 2.18. The molecule has 1 aromatic rings. The van der Waals surface area contributed by atoms with Crippen LogP contribution in [0.5, 0.6) is 0 Å². The molecule has 1 aliphatic rings. The van der Waals surface area contributed by atoms with Crippen molar-refractivity contribution in [3.05, 3.63) is 39.4 Å². The molecule has 1 atom stereocenters. The molecular weight excluding hydrogens is 286 g/mol. The van der Waals surface area contributed by atoms with Gasteiger partial charge in [-0.15, -0.1) is 0 Å². The maximum atomic E-state index is 13.8. The molecule has 114 valence electrons. The number of nitro benzene ring substituents is 1. The number of amides is 1. The molecule has 0 aromatic heterocycles. The van der Waals surface area contributed by atoms with Gasteiger partial charge in [0.05, 0.1) is 11.5 Å². The van der Waals surface area contributed by atoms with Crippen molar-refractivity contribution in [2.24, 2.45) is 5.92 Å². The summed E-state index contributed by atoms with van der Waals surface area (Å²) in [5.74, 6) is -3.51. The molecule has 0 aliphatic carbocycles. The summed E-state index contributed by atoms with van der Waals surface area (Å²) in [7, 11) is 0. The molecule has 0 spiro atoms. The minimum absolute atomic E-state index is 0.0764. The lowest BCUT2D eigenvalue weighted by molar-refractivity contribution is -0.387. The predicted octanol–water partition coefficient (Wildman–Crippen LogP) is 2.03.